The van der Waals surface area contributed by atoms with Crippen LogP contribution in [0.3, 0.4) is 0 Å². The van der Waals surface area contributed by atoms with Crippen LogP contribution in [0.15, 0.2) is 0 Å². The fraction of sp³-hybridized carbons (Fsp3) is 1.00. The first-order valence-electron chi connectivity index (χ1n) is 15.5. The van der Waals surface area contributed by atoms with Crippen molar-refractivity contribution in [2.75, 3.05) is 97.8 Å². The summed E-state index contributed by atoms with van der Waals surface area (Å²) in [4.78, 5) is 0. The van der Waals surface area contributed by atoms with Gasteiger partial charge >= 0.3 is 0 Å². The van der Waals surface area contributed by atoms with Crippen molar-refractivity contribution in [1.29, 1.82) is 0 Å². The lowest BCUT2D eigenvalue weighted by molar-refractivity contribution is -0.0201. The first-order chi connectivity index (χ1) is 18.9. The van der Waals surface area contributed by atoms with Gasteiger partial charge in [-0.2, -0.15) is 0 Å². The summed E-state index contributed by atoms with van der Waals surface area (Å²) in [5.74, 6) is 0. The van der Waals surface area contributed by atoms with E-state index in [1.807, 2.05) is 0 Å². The van der Waals surface area contributed by atoms with Gasteiger partial charge in [0.15, 0.2) is 0 Å². The van der Waals surface area contributed by atoms with E-state index in [0.717, 1.165) is 18.4 Å². The highest BCUT2D eigenvalue weighted by atomic mass is 79.9. The van der Waals surface area contributed by atoms with E-state index in [2.05, 4.69) is 22.9 Å². The van der Waals surface area contributed by atoms with Gasteiger partial charge in [-0.05, 0) is 6.42 Å². The fourth-order valence-corrected chi connectivity index (χ4v) is 4.10. The molecule has 0 aliphatic heterocycles. The van der Waals surface area contributed by atoms with Gasteiger partial charge in [0, 0.05) is 11.9 Å². The van der Waals surface area contributed by atoms with Crippen molar-refractivity contribution in [3.63, 3.8) is 0 Å². The first kappa shape index (κ1) is 38.2. The number of rotatable bonds is 35. The number of hydrogen-bond acceptors (Lipinski definition) is 7. The topological polar surface area (TPSA) is 64.6 Å². The van der Waals surface area contributed by atoms with Crippen molar-refractivity contribution in [3.8, 4) is 0 Å². The van der Waals surface area contributed by atoms with Gasteiger partial charge in [-0.1, -0.05) is 106 Å². The standard InChI is InChI=1S/C30H61BrO7/c1-2-3-4-5-6-7-8-9-10-11-12-13-14-15-17-32-19-21-34-23-25-36-27-29-38-30-28-37-26-24-35-22-20-33-18-16-31/h2-30H2,1H3. The van der Waals surface area contributed by atoms with Crippen LogP contribution >= 0.6 is 15.9 Å². The zero-order valence-electron chi connectivity index (χ0n) is 24.7. The maximum Gasteiger partial charge on any atom is 0.0701 e. The molecule has 0 atom stereocenters. The summed E-state index contributed by atoms with van der Waals surface area (Å²) in [6.07, 6.45) is 19.4. The lowest BCUT2D eigenvalue weighted by Gasteiger charge is -2.08. The van der Waals surface area contributed by atoms with Crippen molar-refractivity contribution >= 4 is 15.9 Å². The van der Waals surface area contributed by atoms with Crippen molar-refractivity contribution in [2.24, 2.45) is 0 Å². The molecule has 0 aromatic heterocycles. The molecule has 0 unspecified atom stereocenters. The van der Waals surface area contributed by atoms with Gasteiger partial charge in [0.2, 0.25) is 0 Å². The molecular weight excluding hydrogens is 552 g/mol. The number of unbranched alkanes of at least 4 members (excludes halogenated alkanes) is 13. The van der Waals surface area contributed by atoms with Gasteiger partial charge < -0.3 is 33.2 Å². The second kappa shape index (κ2) is 37.2. The van der Waals surface area contributed by atoms with Crippen molar-refractivity contribution in [3.05, 3.63) is 0 Å². The molecule has 0 aromatic rings. The van der Waals surface area contributed by atoms with E-state index in [0.29, 0.717) is 85.9 Å². The molecule has 0 heterocycles. The van der Waals surface area contributed by atoms with Gasteiger partial charge in [-0.15, -0.1) is 0 Å². The Bertz CT molecular complexity index is 369. The Morgan fingerprint density at radius 2 is 0.526 bits per heavy atom. The third-order valence-electron chi connectivity index (χ3n) is 6.10. The highest BCUT2D eigenvalue weighted by molar-refractivity contribution is 9.09. The molecule has 0 amide bonds. The van der Waals surface area contributed by atoms with Crippen LogP contribution in [0.5, 0.6) is 0 Å². The Balaban J connectivity index is 3.01. The summed E-state index contributed by atoms with van der Waals surface area (Å²) in [5.41, 5.74) is 0. The number of alkyl halides is 1. The molecule has 38 heavy (non-hydrogen) atoms. The molecule has 7 nitrogen and oxygen atoms in total. The zero-order chi connectivity index (χ0) is 27.5. The molecule has 0 aromatic carbocycles. The summed E-state index contributed by atoms with van der Waals surface area (Å²) in [7, 11) is 0. The van der Waals surface area contributed by atoms with E-state index in [1.54, 1.807) is 0 Å². The SMILES string of the molecule is CCCCCCCCCCCCCCCCOCCOCCOCCOCCOCCOCCOCCBr. The highest BCUT2D eigenvalue weighted by Gasteiger charge is 1.96. The van der Waals surface area contributed by atoms with Crippen molar-refractivity contribution in [2.45, 2.75) is 96.8 Å². The van der Waals surface area contributed by atoms with Gasteiger partial charge in [-0.3, -0.25) is 0 Å². The van der Waals surface area contributed by atoms with Crippen LogP contribution in [0.2, 0.25) is 0 Å². The molecule has 0 saturated carbocycles. The Kier molecular flexibility index (Phi) is 37.4. The Hall–Kier alpha value is 0.200. The smallest absolute Gasteiger partial charge is 0.0701 e. The number of halogens is 1. The number of hydrogen-bond donors (Lipinski definition) is 0. The minimum Gasteiger partial charge on any atom is -0.379 e. The molecule has 0 aliphatic carbocycles. The average molecular weight is 614 g/mol. The quantitative estimate of drug-likeness (QED) is 0.0565. The third kappa shape index (κ3) is 36.2. The van der Waals surface area contributed by atoms with Crippen LogP contribution in [0, 0.1) is 0 Å². The molecule has 0 spiro atoms. The molecule has 0 radical (unpaired) electrons. The number of ether oxygens (including phenoxy) is 7. The normalized spacial score (nSPS) is 11.5. The lowest BCUT2D eigenvalue weighted by Crippen LogP contribution is -2.14. The Labute approximate surface area is 243 Å². The zero-order valence-corrected chi connectivity index (χ0v) is 26.3. The predicted molar refractivity (Wildman–Crippen MR) is 160 cm³/mol. The molecule has 0 saturated heterocycles. The van der Waals surface area contributed by atoms with Gasteiger partial charge in [0.25, 0.3) is 0 Å². The average Bonchev–Trinajstić information content (AvgIpc) is 2.93. The van der Waals surface area contributed by atoms with Crippen LogP contribution in [0.25, 0.3) is 0 Å². The van der Waals surface area contributed by atoms with E-state index in [4.69, 9.17) is 33.2 Å². The second-order valence-electron chi connectivity index (χ2n) is 9.57. The van der Waals surface area contributed by atoms with Gasteiger partial charge in [-0.25, -0.2) is 0 Å². The molecule has 0 aliphatic rings. The summed E-state index contributed by atoms with van der Waals surface area (Å²) in [6.45, 7) is 10.9. The van der Waals surface area contributed by atoms with Crippen LogP contribution in [-0.2, 0) is 33.2 Å². The highest BCUT2D eigenvalue weighted by Crippen LogP contribution is 2.12. The summed E-state index contributed by atoms with van der Waals surface area (Å²) < 4.78 is 38.3. The molecule has 0 N–H and O–H groups in total. The molecule has 0 bridgehead atoms. The third-order valence-corrected chi connectivity index (χ3v) is 6.42. The Morgan fingerprint density at radius 1 is 0.289 bits per heavy atom. The minimum atomic E-state index is 0.560. The predicted octanol–water partition coefficient (Wildman–Crippen LogP) is 6.98. The van der Waals surface area contributed by atoms with E-state index in [-0.39, 0.29) is 0 Å². The van der Waals surface area contributed by atoms with Crippen molar-refractivity contribution in [1.82, 2.24) is 0 Å². The first-order valence-corrected chi connectivity index (χ1v) is 16.6. The van der Waals surface area contributed by atoms with E-state index >= 15 is 0 Å². The lowest BCUT2D eigenvalue weighted by atomic mass is 10.0. The summed E-state index contributed by atoms with van der Waals surface area (Å²) in [6, 6.07) is 0. The largest absolute Gasteiger partial charge is 0.379 e. The van der Waals surface area contributed by atoms with Crippen molar-refractivity contribution < 1.29 is 33.2 Å². The van der Waals surface area contributed by atoms with Crippen LogP contribution in [0.1, 0.15) is 96.8 Å². The van der Waals surface area contributed by atoms with Gasteiger partial charge in [0.1, 0.15) is 0 Å². The minimum absolute atomic E-state index is 0.560. The maximum absolute atomic E-state index is 5.66. The summed E-state index contributed by atoms with van der Waals surface area (Å²) in [5, 5.41) is 0.851. The summed E-state index contributed by atoms with van der Waals surface area (Å²) >= 11 is 3.31. The van der Waals surface area contributed by atoms with Crippen LogP contribution in [0.4, 0.5) is 0 Å². The second-order valence-corrected chi connectivity index (χ2v) is 10.4. The molecule has 230 valence electrons. The molecule has 8 heteroatoms. The molecule has 0 fully saturated rings. The fourth-order valence-electron chi connectivity index (χ4n) is 3.87. The van der Waals surface area contributed by atoms with E-state index < -0.39 is 0 Å². The van der Waals surface area contributed by atoms with E-state index in [1.165, 1.54) is 83.5 Å². The molecule has 0 rings (SSSR count). The van der Waals surface area contributed by atoms with Crippen LogP contribution < -0.4 is 0 Å². The maximum atomic E-state index is 5.66. The Morgan fingerprint density at radius 3 is 0.816 bits per heavy atom. The van der Waals surface area contributed by atoms with Gasteiger partial charge in [0.05, 0.1) is 85.9 Å². The van der Waals surface area contributed by atoms with E-state index in [9.17, 15) is 0 Å². The monoisotopic (exact) mass is 612 g/mol. The molecular formula is C30H61BrO7. The van der Waals surface area contributed by atoms with Crippen LogP contribution in [-0.4, -0.2) is 97.8 Å².